The van der Waals surface area contributed by atoms with E-state index in [1.807, 2.05) is 42.2 Å². The predicted molar refractivity (Wildman–Crippen MR) is 85.6 cm³/mol. The summed E-state index contributed by atoms with van der Waals surface area (Å²) < 4.78 is 5.68. The molecular formula is C16H21N5O3. The van der Waals surface area contributed by atoms with Gasteiger partial charge in [0.1, 0.15) is 11.9 Å². The molecule has 1 aromatic carbocycles. The van der Waals surface area contributed by atoms with Gasteiger partial charge in [-0.05, 0) is 12.5 Å². The Bertz CT molecular complexity index is 661. The molecule has 0 unspecified atom stereocenters. The Morgan fingerprint density at radius 3 is 3.04 bits per heavy atom. The van der Waals surface area contributed by atoms with Crippen LogP contribution in [0.3, 0.4) is 0 Å². The van der Waals surface area contributed by atoms with E-state index in [1.165, 1.54) is 0 Å². The quantitative estimate of drug-likeness (QED) is 0.758. The summed E-state index contributed by atoms with van der Waals surface area (Å²) in [6, 6.07) is 9.68. The second-order valence-corrected chi connectivity index (χ2v) is 5.67. The molecule has 3 rings (SSSR count). The third-order valence-electron chi connectivity index (χ3n) is 3.69. The van der Waals surface area contributed by atoms with E-state index in [0.29, 0.717) is 32.1 Å². The first-order valence-electron chi connectivity index (χ1n) is 7.88. The van der Waals surface area contributed by atoms with Crippen LogP contribution in [0.5, 0.6) is 0 Å². The summed E-state index contributed by atoms with van der Waals surface area (Å²) >= 11 is 0. The standard InChI is InChI=1S/C16H21N5O3/c1-12-17-16(19-18-12)14-9-21(7-8-23-14)10-15(22)20-24-11-13-5-3-2-4-6-13/h2-6,14H,7-11H2,1H3,(H,20,22)(H,17,18,19)/t14-/m1/s1. The SMILES string of the molecule is Cc1nc([C@H]2CN(CC(=O)NOCc3ccccc3)CCO2)n[nH]1. The molecule has 2 aromatic rings. The Hall–Kier alpha value is -2.29. The maximum absolute atomic E-state index is 12.0. The fraction of sp³-hybridized carbons (Fsp3) is 0.438. The third kappa shape index (κ3) is 4.60. The number of nitrogens with zero attached hydrogens (tertiary/aromatic N) is 3. The van der Waals surface area contributed by atoms with E-state index in [-0.39, 0.29) is 18.6 Å². The van der Waals surface area contributed by atoms with Crippen LogP contribution in [0.15, 0.2) is 30.3 Å². The van der Waals surface area contributed by atoms with Crippen molar-refractivity contribution in [3.8, 4) is 0 Å². The lowest BCUT2D eigenvalue weighted by molar-refractivity contribution is -0.137. The van der Waals surface area contributed by atoms with E-state index in [2.05, 4.69) is 20.7 Å². The van der Waals surface area contributed by atoms with Gasteiger partial charge in [-0.1, -0.05) is 30.3 Å². The molecule has 1 amide bonds. The summed E-state index contributed by atoms with van der Waals surface area (Å²) in [7, 11) is 0. The minimum absolute atomic E-state index is 0.183. The van der Waals surface area contributed by atoms with Crippen LogP contribution >= 0.6 is 0 Å². The highest BCUT2D eigenvalue weighted by Crippen LogP contribution is 2.18. The zero-order chi connectivity index (χ0) is 16.8. The minimum atomic E-state index is -0.221. The van der Waals surface area contributed by atoms with Gasteiger partial charge in [-0.2, -0.15) is 5.10 Å². The molecule has 2 N–H and O–H groups in total. The number of benzene rings is 1. The fourth-order valence-corrected chi connectivity index (χ4v) is 2.52. The van der Waals surface area contributed by atoms with E-state index in [9.17, 15) is 4.79 Å². The number of hydrogen-bond donors (Lipinski definition) is 2. The van der Waals surface area contributed by atoms with Crippen LogP contribution in [-0.2, 0) is 21.0 Å². The van der Waals surface area contributed by atoms with Crippen LogP contribution in [0.1, 0.15) is 23.3 Å². The van der Waals surface area contributed by atoms with Crippen LogP contribution in [-0.4, -0.2) is 52.2 Å². The van der Waals surface area contributed by atoms with Crippen molar-refractivity contribution in [2.75, 3.05) is 26.2 Å². The number of aromatic amines is 1. The van der Waals surface area contributed by atoms with Crippen molar-refractivity contribution < 1.29 is 14.4 Å². The van der Waals surface area contributed by atoms with Gasteiger partial charge < -0.3 is 4.74 Å². The van der Waals surface area contributed by atoms with Gasteiger partial charge in [0, 0.05) is 13.1 Å². The average molecular weight is 331 g/mol. The van der Waals surface area contributed by atoms with Gasteiger partial charge >= 0.3 is 0 Å². The lowest BCUT2D eigenvalue weighted by Gasteiger charge is -2.30. The number of carbonyl (C=O) groups excluding carboxylic acids is 1. The molecule has 1 saturated heterocycles. The first-order chi connectivity index (χ1) is 11.7. The van der Waals surface area contributed by atoms with Crippen molar-refractivity contribution in [2.45, 2.75) is 19.6 Å². The highest BCUT2D eigenvalue weighted by molar-refractivity contribution is 5.76. The molecule has 1 aromatic heterocycles. The monoisotopic (exact) mass is 331 g/mol. The van der Waals surface area contributed by atoms with E-state index in [0.717, 1.165) is 11.4 Å². The van der Waals surface area contributed by atoms with Gasteiger partial charge in [0.25, 0.3) is 5.91 Å². The van der Waals surface area contributed by atoms with E-state index in [1.54, 1.807) is 0 Å². The number of nitrogens with one attached hydrogen (secondary N) is 2. The summed E-state index contributed by atoms with van der Waals surface area (Å²) in [4.78, 5) is 23.5. The normalized spacial score (nSPS) is 18.5. The second-order valence-electron chi connectivity index (χ2n) is 5.67. The molecule has 0 radical (unpaired) electrons. The molecule has 1 aliphatic heterocycles. The number of carbonyl (C=O) groups is 1. The van der Waals surface area contributed by atoms with E-state index < -0.39 is 0 Å². The Balaban J connectivity index is 1.42. The van der Waals surface area contributed by atoms with Crippen molar-refractivity contribution in [2.24, 2.45) is 0 Å². The predicted octanol–water partition coefficient (Wildman–Crippen LogP) is 0.734. The van der Waals surface area contributed by atoms with Crippen molar-refractivity contribution in [1.82, 2.24) is 25.6 Å². The van der Waals surface area contributed by atoms with Gasteiger partial charge in [0.2, 0.25) is 0 Å². The van der Waals surface area contributed by atoms with Gasteiger partial charge in [0.15, 0.2) is 5.82 Å². The van der Waals surface area contributed by atoms with Gasteiger partial charge in [-0.3, -0.25) is 19.6 Å². The van der Waals surface area contributed by atoms with Crippen LogP contribution in [0.2, 0.25) is 0 Å². The zero-order valence-electron chi connectivity index (χ0n) is 13.6. The number of rotatable bonds is 6. The third-order valence-corrected chi connectivity index (χ3v) is 3.69. The molecule has 0 spiro atoms. The zero-order valence-corrected chi connectivity index (χ0v) is 13.6. The smallest absolute Gasteiger partial charge is 0.257 e. The van der Waals surface area contributed by atoms with E-state index >= 15 is 0 Å². The van der Waals surface area contributed by atoms with Gasteiger partial charge in [-0.15, -0.1) is 0 Å². The van der Waals surface area contributed by atoms with Crippen LogP contribution in [0.4, 0.5) is 0 Å². The number of hydrogen-bond acceptors (Lipinski definition) is 6. The summed E-state index contributed by atoms with van der Waals surface area (Å²) in [6.45, 7) is 4.23. The summed E-state index contributed by atoms with van der Waals surface area (Å²) in [6.07, 6.45) is -0.221. The van der Waals surface area contributed by atoms with Crippen molar-refractivity contribution >= 4 is 5.91 Å². The molecule has 24 heavy (non-hydrogen) atoms. The maximum Gasteiger partial charge on any atom is 0.257 e. The van der Waals surface area contributed by atoms with Crippen LogP contribution in [0, 0.1) is 6.92 Å². The Morgan fingerprint density at radius 2 is 2.29 bits per heavy atom. The van der Waals surface area contributed by atoms with E-state index in [4.69, 9.17) is 9.57 Å². The Morgan fingerprint density at radius 1 is 1.46 bits per heavy atom. The first kappa shape index (κ1) is 16.6. The number of amides is 1. The number of hydroxylamine groups is 1. The Kier molecular flexibility index (Phi) is 5.52. The van der Waals surface area contributed by atoms with Crippen molar-refractivity contribution in [3.63, 3.8) is 0 Å². The van der Waals surface area contributed by atoms with Crippen LogP contribution < -0.4 is 5.48 Å². The molecule has 0 bridgehead atoms. The highest BCUT2D eigenvalue weighted by atomic mass is 16.6. The molecule has 8 nitrogen and oxygen atoms in total. The highest BCUT2D eigenvalue weighted by Gasteiger charge is 2.26. The number of H-pyrrole nitrogens is 1. The molecule has 0 saturated carbocycles. The first-order valence-corrected chi connectivity index (χ1v) is 7.88. The lowest BCUT2D eigenvalue weighted by atomic mass is 10.2. The molecule has 2 heterocycles. The fourth-order valence-electron chi connectivity index (χ4n) is 2.52. The van der Waals surface area contributed by atoms with Crippen molar-refractivity contribution in [3.05, 3.63) is 47.5 Å². The maximum atomic E-state index is 12.0. The number of ether oxygens (including phenoxy) is 1. The molecule has 8 heteroatoms. The molecule has 128 valence electrons. The Labute approximate surface area is 140 Å². The number of aryl methyl sites for hydroxylation is 1. The molecular weight excluding hydrogens is 310 g/mol. The summed E-state index contributed by atoms with van der Waals surface area (Å²) in [5.41, 5.74) is 3.48. The largest absolute Gasteiger partial charge is 0.367 e. The molecule has 1 aliphatic rings. The van der Waals surface area contributed by atoms with Crippen LogP contribution in [0.25, 0.3) is 0 Å². The summed E-state index contributed by atoms with van der Waals surface area (Å²) in [5.74, 6) is 1.19. The molecule has 1 fully saturated rings. The number of aromatic nitrogens is 3. The topological polar surface area (TPSA) is 92.4 Å². The summed E-state index contributed by atoms with van der Waals surface area (Å²) in [5, 5.41) is 6.93. The van der Waals surface area contributed by atoms with Gasteiger partial charge in [0.05, 0.1) is 19.8 Å². The lowest BCUT2D eigenvalue weighted by Crippen LogP contribution is -2.44. The van der Waals surface area contributed by atoms with Gasteiger partial charge in [-0.25, -0.2) is 10.5 Å². The second kappa shape index (κ2) is 8.00. The molecule has 1 atom stereocenters. The minimum Gasteiger partial charge on any atom is -0.367 e. The van der Waals surface area contributed by atoms with Crippen molar-refractivity contribution in [1.29, 1.82) is 0 Å². The average Bonchev–Trinajstić information content (AvgIpc) is 3.03. The molecule has 0 aliphatic carbocycles. The number of morpholine rings is 1.